The van der Waals surface area contributed by atoms with Gasteiger partial charge in [-0.3, -0.25) is 33.8 Å². The number of nitrogens with zero attached hydrogens (tertiary/aromatic N) is 4. The number of carbonyl (C=O) groups excluding carboxylic acids is 7. The highest BCUT2D eigenvalue weighted by molar-refractivity contribution is 7.90. The lowest BCUT2D eigenvalue weighted by molar-refractivity contribution is -0.141. The summed E-state index contributed by atoms with van der Waals surface area (Å²) in [5.41, 5.74) is 3.88. The van der Waals surface area contributed by atoms with E-state index < -0.39 is 90.5 Å². The lowest BCUT2D eigenvalue weighted by Crippen LogP contribution is -2.56. The van der Waals surface area contributed by atoms with Gasteiger partial charge in [0.2, 0.25) is 5.91 Å². The van der Waals surface area contributed by atoms with Crippen LogP contribution in [0.4, 0.5) is 25.4 Å². The van der Waals surface area contributed by atoms with Crippen LogP contribution in [0.1, 0.15) is 103 Å². The number of hydrogen-bond acceptors (Lipinski definition) is 20. The van der Waals surface area contributed by atoms with Gasteiger partial charge in [0.25, 0.3) is 31.9 Å². The Labute approximate surface area is 533 Å². The smallest absolute Gasteiger partial charge is 0.411 e. The number of para-hydroxylation sites is 2. The third kappa shape index (κ3) is 20.2. The number of nitrogens with two attached hydrogens (primary N) is 1. The maximum absolute atomic E-state index is 14.4. The highest BCUT2D eigenvalue weighted by Crippen LogP contribution is 2.46. The highest BCUT2D eigenvalue weighted by atomic mass is 32.2. The number of unbranched alkanes of at least 4 members (excludes halogenated alkanes) is 2. The molecule has 6 atom stereocenters. The number of sulfonamides is 2. The van der Waals surface area contributed by atoms with Crippen molar-refractivity contribution >= 4 is 73.3 Å². The maximum atomic E-state index is 14.4. The van der Waals surface area contributed by atoms with Crippen LogP contribution in [-0.2, 0) is 76.1 Å². The van der Waals surface area contributed by atoms with Crippen LogP contribution in [0.25, 0.3) is 0 Å². The minimum absolute atomic E-state index is 0.00303. The number of nitrogens with one attached hydrogen (secondary N) is 5. The van der Waals surface area contributed by atoms with Crippen LogP contribution in [0.2, 0.25) is 0 Å². The number of likely N-dealkylation sites (tertiary alicyclic amines) is 1. The van der Waals surface area contributed by atoms with Crippen molar-refractivity contribution in [2.75, 3.05) is 84.8 Å². The number of carbonyl (C=O) groups is 7. The molecule has 7 rings (SSSR count). The zero-order valence-corrected chi connectivity index (χ0v) is 54.7. The molecule has 0 aromatic heterocycles. The van der Waals surface area contributed by atoms with E-state index in [0.717, 1.165) is 56.8 Å². The summed E-state index contributed by atoms with van der Waals surface area (Å²) in [6, 6.07) is 15.9. The number of amides is 5. The van der Waals surface area contributed by atoms with E-state index in [2.05, 4.69) is 57.8 Å². The van der Waals surface area contributed by atoms with Crippen LogP contribution in [-0.4, -0.2) is 181 Å². The number of fused-ring (bicyclic) bond motifs is 1. The number of esters is 2. The molecule has 3 aromatic carbocycles. The second-order valence-electron chi connectivity index (χ2n) is 24.3. The average molecular weight is 1310 g/mol. The number of anilines is 2. The van der Waals surface area contributed by atoms with E-state index in [0.29, 0.717) is 62.0 Å². The minimum Gasteiger partial charge on any atom is -0.469 e. The van der Waals surface area contributed by atoms with E-state index >= 15 is 0 Å². The second kappa shape index (κ2) is 32.1. The van der Waals surface area contributed by atoms with Gasteiger partial charge in [0, 0.05) is 56.3 Å². The highest BCUT2D eigenvalue weighted by Gasteiger charge is 2.62. The molecule has 2 saturated carbocycles. The summed E-state index contributed by atoms with van der Waals surface area (Å²) in [5, 5.41) is 9.00. The Kier molecular flexibility index (Phi) is 25.5. The predicted molar refractivity (Wildman–Crippen MR) is 338 cm³/mol. The van der Waals surface area contributed by atoms with Crippen LogP contribution in [0, 0.1) is 17.7 Å². The third-order valence-electron chi connectivity index (χ3n) is 16.1. The van der Waals surface area contributed by atoms with Gasteiger partial charge in [0.05, 0.1) is 38.7 Å². The molecule has 28 heteroatoms. The van der Waals surface area contributed by atoms with E-state index in [4.69, 9.17) is 15.2 Å². The van der Waals surface area contributed by atoms with E-state index in [1.54, 1.807) is 69.3 Å². The van der Waals surface area contributed by atoms with Crippen molar-refractivity contribution in [1.82, 2.24) is 34.4 Å². The minimum atomic E-state index is -4.46. The predicted octanol–water partition coefficient (Wildman–Crippen LogP) is 5.77. The van der Waals surface area contributed by atoms with Gasteiger partial charge in [0.1, 0.15) is 44.4 Å². The first-order chi connectivity index (χ1) is 43.0. The SMILES string of the molecule is C=C[C@@H]1C[C@]1(N)C(=O)NS(=O)(=O)c1ccccc1NCCCCN(C)CCCC(=O)OC.C=C[C@@H]1C[C@]1(NC(=O)[C@@H]1C[C@@H](OC(=O)N2Cc3cccc(F)c3C2)CN1C(=O)OC(C)(C)C)C(=O)NS(=O)(=O)c1ccccc1NCCCCN(C)CCCC(=O)OC. The molecule has 2 heterocycles. The molecular formula is C63H89FN10O15S2. The number of ether oxygens (including phenoxy) is 4. The molecule has 5 amide bonds. The monoisotopic (exact) mass is 1310 g/mol. The maximum Gasteiger partial charge on any atom is 0.411 e. The van der Waals surface area contributed by atoms with Crippen molar-refractivity contribution in [2.24, 2.45) is 17.6 Å². The fraction of sp³-hybridized carbons (Fsp3) is 0.540. The Morgan fingerprint density at radius 3 is 1.69 bits per heavy atom. The van der Waals surface area contributed by atoms with Crippen LogP contribution in [0.3, 0.4) is 0 Å². The van der Waals surface area contributed by atoms with Gasteiger partial charge in [-0.2, -0.15) is 0 Å². The van der Waals surface area contributed by atoms with E-state index in [1.165, 1.54) is 49.5 Å². The first kappa shape index (κ1) is 72.4. The first-order valence-corrected chi connectivity index (χ1v) is 33.4. The molecule has 4 aliphatic rings. The standard InChI is InChI=1S/C41H55FN6O10S.C22H34N4O5S/c1-7-28-23-41(28,37(51)45-59(54,55)34-17-9-8-16-32(34)43-19-10-11-20-46(5)21-13-18-35(49)56-6)44-36(50)33-22-29(25-48(33)39(53)58-40(2,3)4)57-38(52)47-24-27-14-12-15-31(42)30(27)26-47;1-4-17-16-22(17,23)21(28)25-32(29,30)19-11-6-5-10-18(19)24-13-7-8-14-26(2)15-9-12-20(27)31-3/h7-9,12,14-17,28-29,33,43H,1,10-11,13,18-26H2,2-6H3,(H,44,50)(H,45,51);4-6,10-11,17,24H,1,7-9,12-16,23H2,2-3H3,(H,25,28)/t28-,29-,33+,41-;17-,22-/m11/s1. The van der Waals surface area contributed by atoms with Crippen LogP contribution in [0.5, 0.6) is 0 Å². The van der Waals surface area contributed by atoms with Gasteiger partial charge in [-0.15, -0.1) is 13.2 Å². The number of halogens is 1. The Balaban J connectivity index is 0.000000347. The molecule has 91 heavy (non-hydrogen) atoms. The second-order valence-corrected chi connectivity index (χ2v) is 27.6. The Hall–Kier alpha value is -7.66. The third-order valence-corrected chi connectivity index (χ3v) is 18.9. The van der Waals surface area contributed by atoms with Gasteiger partial charge in [-0.05, 0) is 148 Å². The Morgan fingerprint density at radius 2 is 1.21 bits per heavy atom. The Bertz CT molecular complexity index is 3350. The summed E-state index contributed by atoms with van der Waals surface area (Å²) in [4.78, 5) is 96.0. The van der Waals surface area contributed by atoms with E-state index in [9.17, 15) is 54.8 Å². The van der Waals surface area contributed by atoms with Gasteiger partial charge in [-0.1, -0.05) is 48.6 Å². The number of methoxy groups -OCH3 is 2. The molecule has 0 bridgehead atoms. The van der Waals surface area contributed by atoms with E-state index in [-0.39, 0.29) is 65.8 Å². The molecule has 1 saturated heterocycles. The first-order valence-electron chi connectivity index (χ1n) is 30.4. The summed E-state index contributed by atoms with van der Waals surface area (Å²) in [6.45, 7) is 16.5. The molecule has 0 unspecified atom stereocenters. The van der Waals surface area contributed by atoms with Gasteiger partial charge in [0.15, 0.2) is 0 Å². The van der Waals surface area contributed by atoms with Gasteiger partial charge in [-0.25, -0.2) is 40.3 Å². The number of hydrogen-bond donors (Lipinski definition) is 6. The zero-order valence-electron chi connectivity index (χ0n) is 53.1. The molecule has 25 nitrogen and oxygen atoms in total. The topological polar surface area (TPSA) is 324 Å². The fourth-order valence-electron chi connectivity index (χ4n) is 10.7. The molecule has 3 aromatic rings. The molecule has 2 aliphatic carbocycles. The molecule has 3 fully saturated rings. The normalized spacial score (nSPS) is 20.6. The lowest BCUT2D eigenvalue weighted by atomic mass is 10.1. The van der Waals surface area contributed by atoms with Crippen molar-refractivity contribution in [3.63, 3.8) is 0 Å². The van der Waals surface area contributed by atoms with Crippen LogP contribution in [0.15, 0.2) is 102 Å². The molecule has 7 N–H and O–H groups in total. The van der Waals surface area contributed by atoms with E-state index in [1.807, 2.05) is 14.1 Å². The van der Waals surface area contributed by atoms with Gasteiger partial charge < -0.3 is 50.4 Å². The number of rotatable bonds is 31. The quantitative estimate of drug-likeness (QED) is 0.0193. The largest absolute Gasteiger partial charge is 0.469 e. The summed E-state index contributed by atoms with van der Waals surface area (Å²) >= 11 is 0. The number of benzene rings is 3. The van der Waals surface area contributed by atoms with Crippen molar-refractivity contribution < 1.29 is 73.7 Å². The van der Waals surface area contributed by atoms with Crippen molar-refractivity contribution in [2.45, 2.75) is 143 Å². The molecule has 0 spiro atoms. The zero-order chi connectivity index (χ0) is 66.9. The molecule has 500 valence electrons. The average Bonchev–Trinajstić information content (AvgIpc) is 1.59. The van der Waals surface area contributed by atoms with Crippen molar-refractivity contribution in [3.8, 4) is 0 Å². The summed E-state index contributed by atoms with van der Waals surface area (Å²) in [7, 11) is -1.82. The van der Waals surface area contributed by atoms with Crippen LogP contribution < -0.4 is 31.1 Å². The fourth-order valence-corrected chi connectivity index (χ4v) is 13.1. The molecule has 0 radical (unpaired) electrons. The lowest BCUT2D eigenvalue weighted by Gasteiger charge is -2.29. The molecule has 2 aliphatic heterocycles. The molecular weight excluding hydrogens is 1220 g/mol. The summed E-state index contributed by atoms with van der Waals surface area (Å²) in [6.07, 6.45) is 6.17. The van der Waals surface area contributed by atoms with Crippen molar-refractivity contribution in [3.05, 3.63) is 109 Å². The van der Waals surface area contributed by atoms with Gasteiger partial charge >= 0.3 is 24.1 Å². The van der Waals surface area contributed by atoms with Crippen LogP contribution >= 0.6 is 0 Å². The Morgan fingerprint density at radius 1 is 0.692 bits per heavy atom. The summed E-state index contributed by atoms with van der Waals surface area (Å²) < 4.78 is 92.3. The summed E-state index contributed by atoms with van der Waals surface area (Å²) in [5.74, 6) is -4.21. The van der Waals surface area contributed by atoms with Crippen molar-refractivity contribution in [1.29, 1.82) is 0 Å².